The average Bonchev–Trinajstić information content (AvgIpc) is 2.33. The van der Waals surface area contributed by atoms with Crippen LogP contribution in [0.25, 0.3) is 0 Å². The van der Waals surface area contributed by atoms with Gasteiger partial charge in [0.15, 0.2) is 0 Å². The van der Waals surface area contributed by atoms with Gasteiger partial charge in [-0.1, -0.05) is 18.5 Å². The lowest BCUT2D eigenvalue weighted by Gasteiger charge is -2.17. The Hall–Kier alpha value is -0.680. The van der Waals surface area contributed by atoms with Crippen LogP contribution in [0.3, 0.4) is 0 Å². The molecule has 3 N–H and O–H groups in total. The fourth-order valence-corrected chi connectivity index (χ4v) is 1.81. The van der Waals surface area contributed by atoms with Gasteiger partial charge in [-0.15, -0.1) is 0 Å². The second-order valence-corrected chi connectivity index (χ2v) is 4.19. The Balaban J connectivity index is 2.62. The van der Waals surface area contributed by atoms with Crippen LogP contribution in [0.5, 0.6) is 0 Å². The molecule has 0 aliphatic rings. The first-order valence-electron chi connectivity index (χ1n) is 5.67. The van der Waals surface area contributed by atoms with Crippen molar-refractivity contribution >= 4 is 11.6 Å². The van der Waals surface area contributed by atoms with E-state index in [9.17, 15) is 4.39 Å². The fraction of sp³-hybridized carbons (Fsp3) is 0.500. The van der Waals surface area contributed by atoms with E-state index in [1.807, 2.05) is 6.92 Å². The van der Waals surface area contributed by atoms with Crippen molar-refractivity contribution in [1.82, 2.24) is 5.43 Å². The molecule has 0 saturated carbocycles. The van der Waals surface area contributed by atoms with E-state index in [2.05, 4.69) is 5.43 Å². The Morgan fingerprint density at radius 1 is 1.47 bits per heavy atom. The zero-order chi connectivity index (χ0) is 12.7. The van der Waals surface area contributed by atoms with E-state index >= 15 is 0 Å². The highest BCUT2D eigenvalue weighted by atomic mass is 35.5. The van der Waals surface area contributed by atoms with Crippen molar-refractivity contribution in [3.63, 3.8) is 0 Å². The van der Waals surface area contributed by atoms with Gasteiger partial charge in [-0.3, -0.25) is 11.3 Å². The topological polar surface area (TPSA) is 47.3 Å². The van der Waals surface area contributed by atoms with Crippen LogP contribution in [0.2, 0.25) is 5.02 Å². The summed E-state index contributed by atoms with van der Waals surface area (Å²) < 4.78 is 18.5. The highest BCUT2D eigenvalue weighted by molar-refractivity contribution is 6.31. The molecule has 3 nitrogen and oxygen atoms in total. The minimum absolute atomic E-state index is 0.199. The molecule has 0 fully saturated rings. The first-order chi connectivity index (χ1) is 8.19. The molecule has 0 amide bonds. The van der Waals surface area contributed by atoms with Gasteiger partial charge in [-0.2, -0.15) is 0 Å². The standard InChI is InChI=1S/C12H18ClFN2O/c1-2-6-17-7-5-12(16-15)10-8-9(14)3-4-11(10)13/h3-4,8,12,16H,2,5-7,15H2,1H3. The van der Waals surface area contributed by atoms with Crippen LogP contribution in [-0.2, 0) is 4.74 Å². The van der Waals surface area contributed by atoms with Crippen molar-refractivity contribution in [1.29, 1.82) is 0 Å². The van der Waals surface area contributed by atoms with E-state index in [-0.39, 0.29) is 11.9 Å². The Kier molecular flexibility index (Phi) is 6.44. The van der Waals surface area contributed by atoms with Crippen molar-refractivity contribution in [2.45, 2.75) is 25.8 Å². The predicted molar refractivity (Wildman–Crippen MR) is 67.2 cm³/mol. The number of ether oxygens (including phenoxy) is 1. The van der Waals surface area contributed by atoms with Crippen LogP contribution in [0.15, 0.2) is 18.2 Å². The number of halogens is 2. The highest BCUT2D eigenvalue weighted by Gasteiger charge is 2.14. The van der Waals surface area contributed by atoms with Crippen LogP contribution in [0.1, 0.15) is 31.4 Å². The van der Waals surface area contributed by atoms with E-state index in [1.54, 1.807) is 0 Å². The number of hydrogen-bond donors (Lipinski definition) is 2. The van der Waals surface area contributed by atoms with Crippen molar-refractivity contribution in [3.05, 3.63) is 34.6 Å². The smallest absolute Gasteiger partial charge is 0.123 e. The molecule has 1 unspecified atom stereocenters. The van der Waals surface area contributed by atoms with Crippen LogP contribution >= 0.6 is 11.6 Å². The molecule has 1 aromatic carbocycles. The fourth-order valence-electron chi connectivity index (χ4n) is 1.56. The van der Waals surface area contributed by atoms with E-state index in [0.717, 1.165) is 6.42 Å². The lowest BCUT2D eigenvalue weighted by atomic mass is 10.0. The predicted octanol–water partition coefficient (Wildman–Crippen LogP) is 2.80. The summed E-state index contributed by atoms with van der Waals surface area (Å²) in [5, 5.41) is 0.504. The Labute approximate surface area is 106 Å². The maximum Gasteiger partial charge on any atom is 0.123 e. The minimum Gasteiger partial charge on any atom is -0.381 e. The van der Waals surface area contributed by atoms with Crippen LogP contribution < -0.4 is 11.3 Å². The minimum atomic E-state index is -0.320. The lowest BCUT2D eigenvalue weighted by Crippen LogP contribution is -2.29. The van der Waals surface area contributed by atoms with Gasteiger partial charge in [-0.05, 0) is 36.6 Å². The molecular formula is C12H18ClFN2O. The van der Waals surface area contributed by atoms with Crippen molar-refractivity contribution < 1.29 is 9.13 Å². The molecule has 17 heavy (non-hydrogen) atoms. The molecular weight excluding hydrogens is 243 g/mol. The lowest BCUT2D eigenvalue weighted by molar-refractivity contribution is 0.124. The SMILES string of the molecule is CCCOCCC(NN)c1cc(F)ccc1Cl. The summed E-state index contributed by atoms with van der Waals surface area (Å²) in [6.07, 6.45) is 1.63. The molecule has 0 heterocycles. The van der Waals surface area contributed by atoms with E-state index in [0.29, 0.717) is 30.2 Å². The zero-order valence-electron chi connectivity index (χ0n) is 9.88. The number of nitrogens with one attached hydrogen (secondary N) is 1. The molecule has 1 rings (SSSR count). The molecule has 0 bridgehead atoms. The summed E-state index contributed by atoms with van der Waals surface area (Å²) >= 11 is 6.01. The summed E-state index contributed by atoms with van der Waals surface area (Å²) in [6.45, 7) is 3.33. The van der Waals surface area contributed by atoms with Gasteiger partial charge < -0.3 is 4.74 Å². The molecule has 0 aliphatic heterocycles. The monoisotopic (exact) mass is 260 g/mol. The highest BCUT2D eigenvalue weighted by Crippen LogP contribution is 2.25. The normalized spacial score (nSPS) is 12.7. The van der Waals surface area contributed by atoms with Gasteiger partial charge in [0.2, 0.25) is 0 Å². The summed E-state index contributed by atoms with van der Waals surface area (Å²) in [7, 11) is 0. The van der Waals surface area contributed by atoms with Gasteiger partial charge >= 0.3 is 0 Å². The molecule has 0 saturated heterocycles. The van der Waals surface area contributed by atoms with E-state index < -0.39 is 0 Å². The third kappa shape index (κ3) is 4.60. The maximum atomic E-state index is 13.1. The number of nitrogens with two attached hydrogens (primary N) is 1. The number of hydrazine groups is 1. The van der Waals surface area contributed by atoms with Crippen LogP contribution in [0.4, 0.5) is 4.39 Å². The van der Waals surface area contributed by atoms with Gasteiger partial charge in [0.25, 0.3) is 0 Å². The number of benzene rings is 1. The zero-order valence-corrected chi connectivity index (χ0v) is 10.6. The number of hydrogen-bond acceptors (Lipinski definition) is 3. The summed E-state index contributed by atoms with van der Waals surface area (Å²) in [5.41, 5.74) is 3.29. The van der Waals surface area contributed by atoms with Crippen LogP contribution in [0, 0.1) is 5.82 Å². The van der Waals surface area contributed by atoms with Crippen molar-refractivity contribution in [2.75, 3.05) is 13.2 Å². The molecule has 1 aromatic rings. The second-order valence-electron chi connectivity index (χ2n) is 3.79. The first-order valence-corrected chi connectivity index (χ1v) is 6.05. The van der Waals surface area contributed by atoms with E-state index in [4.69, 9.17) is 22.2 Å². The summed E-state index contributed by atoms with van der Waals surface area (Å²) in [4.78, 5) is 0. The third-order valence-electron chi connectivity index (χ3n) is 2.43. The van der Waals surface area contributed by atoms with Gasteiger partial charge in [0, 0.05) is 24.3 Å². The van der Waals surface area contributed by atoms with Gasteiger partial charge in [0.05, 0.1) is 0 Å². The maximum absolute atomic E-state index is 13.1. The van der Waals surface area contributed by atoms with Crippen LogP contribution in [-0.4, -0.2) is 13.2 Å². The molecule has 0 radical (unpaired) electrons. The largest absolute Gasteiger partial charge is 0.381 e. The molecule has 5 heteroatoms. The molecule has 0 aromatic heterocycles. The first kappa shape index (κ1) is 14.4. The average molecular weight is 261 g/mol. The molecule has 96 valence electrons. The third-order valence-corrected chi connectivity index (χ3v) is 2.78. The van der Waals surface area contributed by atoms with Crippen molar-refractivity contribution in [3.8, 4) is 0 Å². The Morgan fingerprint density at radius 3 is 2.88 bits per heavy atom. The van der Waals surface area contributed by atoms with Gasteiger partial charge in [-0.25, -0.2) is 4.39 Å². The van der Waals surface area contributed by atoms with Gasteiger partial charge in [0.1, 0.15) is 5.82 Å². The molecule has 1 atom stereocenters. The molecule has 0 spiro atoms. The summed E-state index contributed by atoms with van der Waals surface area (Å²) in [5.74, 6) is 5.13. The molecule has 0 aliphatic carbocycles. The number of rotatable bonds is 7. The Bertz CT molecular complexity index is 349. The van der Waals surface area contributed by atoms with E-state index in [1.165, 1.54) is 18.2 Å². The quantitative estimate of drug-likeness (QED) is 0.450. The second kappa shape index (κ2) is 7.61. The Morgan fingerprint density at radius 2 is 2.24 bits per heavy atom. The van der Waals surface area contributed by atoms with Crippen molar-refractivity contribution in [2.24, 2.45) is 5.84 Å². The summed E-state index contributed by atoms with van der Waals surface area (Å²) in [6, 6.07) is 4.05.